The first-order chi connectivity index (χ1) is 6.69. The molecule has 0 heterocycles. The van der Waals surface area contributed by atoms with Crippen molar-refractivity contribution in [1.29, 1.82) is 0 Å². The van der Waals surface area contributed by atoms with Gasteiger partial charge in [0.2, 0.25) is 0 Å². The van der Waals surface area contributed by atoms with Gasteiger partial charge in [0.1, 0.15) is 6.10 Å². The molecule has 84 valence electrons. The average molecular weight is 202 g/mol. The highest BCUT2D eigenvalue weighted by atomic mass is 16.5. The van der Waals surface area contributed by atoms with E-state index in [4.69, 9.17) is 4.74 Å². The lowest BCUT2D eigenvalue weighted by molar-refractivity contribution is -0.132. The fourth-order valence-corrected chi connectivity index (χ4v) is 2.11. The van der Waals surface area contributed by atoms with Gasteiger partial charge in [0.15, 0.2) is 0 Å². The van der Waals surface area contributed by atoms with E-state index in [-0.39, 0.29) is 6.10 Å². The van der Waals surface area contributed by atoms with Gasteiger partial charge in [-0.3, -0.25) is 0 Å². The first kappa shape index (κ1) is 12.0. The van der Waals surface area contributed by atoms with Crippen molar-refractivity contribution in [2.75, 3.05) is 6.61 Å². The lowest BCUT2D eigenvalue weighted by Crippen LogP contribution is -2.46. The molecule has 0 amide bonds. The van der Waals surface area contributed by atoms with E-state index in [1.807, 2.05) is 6.92 Å². The Balaban J connectivity index is 2.43. The third-order valence-electron chi connectivity index (χ3n) is 3.00. The summed E-state index contributed by atoms with van der Waals surface area (Å²) in [5, 5.41) is 19.6. The second-order valence-electron chi connectivity index (χ2n) is 4.22. The van der Waals surface area contributed by atoms with Crippen LogP contribution in [0.4, 0.5) is 0 Å². The van der Waals surface area contributed by atoms with Crippen molar-refractivity contribution >= 4 is 0 Å². The predicted molar refractivity (Wildman–Crippen MR) is 55.1 cm³/mol. The van der Waals surface area contributed by atoms with Crippen LogP contribution in [0.3, 0.4) is 0 Å². The molecule has 2 atom stereocenters. The van der Waals surface area contributed by atoms with E-state index in [2.05, 4.69) is 6.92 Å². The SMILES string of the molecule is CCCOC1[C@@H](O)CC(CC)C[C@@H]1O. The number of ether oxygens (including phenoxy) is 1. The molecule has 0 aromatic carbocycles. The molecule has 1 fully saturated rings. The van der Waals surface area contributed by atoms with Crippen LogP contribution in [-0.4, -0.2) is 35.1 Å². The Kier molecular flexibility index (Phi) is 4.85. The third-order valence-corrected chi connectivity index (χ3v) is 3.00. The van der Waals surface area contributed by atoms with Crippen LogP contribution in [0.25, 0.3) is 0 Å². The third kappa shape index (κ3) is 2.94. The number of hydrogen-bond acceptors (Lipinski definition) is 3. The maximum atomic E-state index is 9.78. The molecule has 2 N–H and O–H groups in total. The Morgan fingerprint density at radius 3 is 2.14 bits per heavy atom. The molecule has 1 aliphatic carbocycles. The summed E-state index contributed by atoms with van der Waals surface area (Å²) in [7, 11) is 0. The van der Waals surface area contributed by atoms with Gasteiger partial charge in [-0.05, 0) is 25.2 Å². The largest absolute Gasteiger partial charge is 0.390 e. The Labute approximate surface area is 86.1 Å². The van der Waals surface area contributed by atoms with Crippen molar-refractivity contribution in [1.82, 2.24) is 0 Å². The second-order valence-corrected chi connectivity index (χ2v) is 4.22. The van der Waals surface area contributed by atoms with Crippen LogP contribution in [0, 0.1) is 5.92 Å². The highest BCUT2D eigenvalue weighted by Crippen LogP contribution is 2.29. The molecule has 0 aliphatic heterocycles. The quantitative estimate of drug-likeness (QED) is 0.723. The molecule has 3 heteroatoms. The van der Waals surface area contributed by atoms with Crippen LogP contribution in [0.1, 0.15) is 39.5 Å². The zero-order valence-corrected chi connectivity index (χ0v) is 9.15. The predicted octanol–water partition coefficient (Wildman–Crippen LogP) is 1.32. The van der Waals surface area contributed by atoms with Crippen molar-refractivity contribution in [3.05, 3.63) is 0 Å². The van der Waals surface area contributed by atoms with E-state index >= 15 is 0 Å². The average Bonchev–Trinajstić information content (AvgIpc) is 2.16. The number of aliphatic hydroxyl groups is 2. The molecule has 0 saturated heterocycles. The van der Waals surface area contributed by atoms with Gasteiger partial charge in [0.05, 0.1) is 12.2 Å². The smallest absolute Gasteiger partial charge is 0.109 e. The molecule has 1 aliphatic rings. The first-order valence-electron chi connectivity index (χ1n) is 5.66. The Morgan fingerprint density at radius 2 is 1.71 bits per heavy atom. The van der Waals surface area contributed by atoms with E-state index in [9.17, 15) is 10.2 Å². The van der Waals surface area contributed by atoms with Gasteiger partial charge in [-0.15, -0.1) is 0 Å². The van der Waals surface area contributed by atoms with Crippen LogP contribution in [-0.2, 0) is 4.74 Å². The standard InChI is InChI=1S/C11H22O3/c1-3-5-14-11-9(12)6-8(4-2)7-10(11)13/h8-13H,3-7H2,1-2H3/t8?,9-,10-,11?/m0/s1. The fourth-order valence-electron chi connectivity index (χ4n) is 2.11. The molecular weight excluding hydrogens is 180 g/mol. The van der Waals surface area contributed by atoms with Crippen LogP contribution in [0.2, 0.25) is 0 Å². The summed E-state index contributed by atoms with van der Waals surface area (Å²) in [6, 6.07) is 0. The molecule has 14 heavy (non-hydrogen) atoms. The van der Waals surface area contributed by atoms with E-state index in [1.54, 1.807) is 0 Å². The maximum absolute atomic E-state index is 9.78. The molecule has 0 aromatic rings. The summed E-state index contributed by atoms with van der Waals surface area (Å²) >= 11 is 0. The van der Waals surface area contributed by atoms with Gasteiger partial charge >= 0.3 is 0 Å². The van der Waals surface area contributed by atoms with E-state index in [0.717, 1.165) is 25.7 Å². The number of rotatable bonds is 4. The van der Waals surface area contributed by atoms with Gasteiger partial charge < -0.3 is 14.9 Å². The molecule has 0 radical (unpaired) electrons. The molecule has 1 saturated carbocycles. The molecule has 0 aromatic heterocycles. The summed E-state index contributed by atoms with van der Waals surface area (Å²) < 4.78 is 5.45. The molecule has 0 bridgehead atoms. The molecule has 0 unspecified atom stereocenters. The minimum absolute atomic E-state index is 0.363. The van der Waals surface area contributed by atoms with Gasteiger partial charge in [0, 0.05) is 6.61 Å². The lowest BCUT2D eigenvalue weighted by Gasteiger charge is -2.36. The number of aliphatic hydroxyl groups excluding tert-OH is 2. The van der Waals surface area contributed by atoms with Crippen molar-refractivity contribution in [2.45, 2.75) is 57.8 Å². The topological polar surface area (TPSA) is 49.7 Å². The van der Waals surface area contributed by atoms with Crippen LogP contribution >= 0.6 is 0 Å². The Morgan fingerprint density at radius 1 is 1.14 bits per heavy atom. The zero-order valence-electron chi connectivity index (χ0n) is 9.15. The van der Waals surface area contributed by atoms with Crippen molar-refractivity contribution in [3.63, 3.8) is 0 Å². The van der Waals surface area contributed by atoms with Gasteiger partial charge in [-0.1, -0.05) is 20.3 Å². The lowest BCUT2D eigenvalue weighted by atomic mass is 9.82. The van der Waals surface area contributed by atoms with E-state index in [0.29, 0.717) is 12.5 Å². The normalized spacial score (nSPS) is 38.6. The maximum Gasteiger partial charge on any atom is 0.109 e. The Bertz CT molecular complexity index is 149. The van der Waals surface area contributed by atoms with Crippen LogP contribution < -0.4 is 0 Å². The molecular formula is C11H22O3. The number of hydrogen-bond donors (Lipinski definition) is 2. The summed E-state index contributed by atoms with van der Waals surface area (Å²) in [5.74, 6) is 0.446. The van der Waals surface area contributed by atoms with Gasteiger partial charge in [-0.2, -0.15) is 0 Å². The van der Waals surface area contributed by atoms with E-state index in [1.165, 1.54) is 0 Å². The monoisotopic (exact) mass is 202 g/mol. The first-order valence-corrected chi connectivity index (χ1v) is 5.66. The second kappa shape index (κ2) is 5.69. The van der Waals surface area contributed by atoms with Crippen LogP contribution in [0.5, 0.6) is 0 Å². The van der Waals surface area contributed by atoms with Crippen molar-refractivity contribution in [3.8, 4) is 0 Å². The van der Waals surface area contributed by atoms with E-state index < -0.39 is 12.2 Å². The zero-order chi connectivity index (χ0) is 10.6. The summed E-state index contributed by atoms with van der Waals surface area (Å²) in [6.45, 7) is 4.74. The summed E-state index contributed by atoms with van der Waals surface area (Å²) in [6.07, 6.45) is 2.13. The van der Waals surface area contributed by atoms with Crippen molar-refractivity contribution < 1.29 is 14.9 Å². The summed E-state index contributed by atoms with van der Waals surface area (Å²) in [4.78, 5) is 0. The minimum atomic E-state index is -0.491. The minimum Gasteiger partial charge on any atom is -0.390 e. The fraction of sp³-hybridized carbons (Fsp3) is 1.00. The van der Waals surface area contributed by atoms with Gasteiger partial charge in [0.25, 0.3) is 0 Å². The summed E-state index contributed by atoms with van der Waals surface area (Å²) in [5.41, 5.74) is 0. The molecule has 0 spiro atoms. The van der Waals surface area contributed by atoms with Gasteiger partial charge in [-0.25, -0.2) is 0 Å². The Hall–Kier alpha value is -0.120. The molecule has 3 nitrogen and oxygen atoms in total. The highest BCUT2D eigenvalue weighted by molar-refractivity contribution is 4.86. The van der Waals surface area contributed by atoms with Crippen LogP contribution in [0.15, 0.2) is 0 Å². The highest BCUT2D eigenvalue weighted by Gasteiger charge is 2.35. The molecule has 1 rings (SSSR count). The van der Waals surface area contributed by atoms with Crippen molar-refractivity contribution in [2.24, 2.45) is 5.92 Å².